The van der Waals surface area contributed by atoms with Crippen molar-refractivity contribution in [3.05, 3.63) is 45.1 Å². The van der Waals surface area contributed by atoms with Gasteiger partial charge in [0.25, 0.3) is 0 Å². The second kappa shape index (κ2) is 9.83. The summed E-state index contributed by atoms with van der Waals surface area (Å²) in [4.78, 5) is 42.5. The van der Waals surface area contributed by atoms with E-state index in [1.54, 1.807) is 45.9 Å². The number of hydrogen-bond donors (Lipinski definition) is 0. The highest BCUT2D eigenvalue weighted by molar-refractivity contribution is 6.36. The Morgan fingerprint density at radius 3 is 2.13 bits per heavy atom. The van der Waals surface area contributed by atoms with E-state index in [9.17, 15) is 14.4 Å². The quantitative estimate of drug-likeness (QED) is 0.465. The zero-order chi connectivity index (χ0) is 23.5. The Bertz CT molecular complexity index is 941. The van der Waals surface area contributed by atoms with Crippen LogP contribution < -0.4 is 0 Å². The smallest absolute Gasteiger partial charge is 0.336 e. The average molecular weight is 470 g/mol. The third-order valence-electron chi connectivity index (χ3n) is 4.63. The molecule has 2 rings (SSSR count). The van der Waals surface area contributed by atoms with E-state index in [4.69, 9.17) is 37.4 Å². The third-order valence-corrected chi connectivity index (χ3v) is 5.29. The molecule has 0 N–H and O–H groups in total. The SMILES string of the molecule is COC(=O)CC1=C(C(=O)OC)C(c2c(Cl)cccc2Cl)C(C(=O)OC(C)(C)C)C(C)=N1. The van der Waals surface area contributed by atoms with E-state index in [1.165, 1.54) is 14.2 Å². The van der Waals surface area contributed by atoms with E-state index >= 15 is 0 Å². The van der Waals surface area contributed by atoms with Crippen LogP contribution in [0.15, 0.2) is 34.5 Å². The zero-order valence-electron chi connectivity index (χ0n) is 18.2. The van der Waals surface area contributed by atoms with Gasteiger partial charge in [0.05, 0.1) is 31.9 Å². The second-order valence-corrected chi connectivity index (χ2v) is 8.80. The van der Waals surface area contributed by atoms with Crippen molar-refractivity contribution in [1.82, 2.24) is 0 Å². The first-order valence-corrected chi connectivity index (χ1v) is 10.3. The van der Waals surface area contributed by atoms with Crippen molar-refractivity contribution in [2.45, 2.75) is 45.6 Å². The largest absolute Gasteiger partial charge is 0.469 e. The zero-order valence-corrected chi connectivity index (χ0v) is 19.8. The number of esters is 3. The Kier molecular flexibility index (Phi) is 7.89. The van der Waals surface area contributed by atoms with Crippen LogP contribution in [0.1, 0.15) is 45.6 Å². The maximum atomic E-state index is 13.2. The molecule has 1 aliphatic heterocycles. The summed E-state index contributed by atoms with van der Waals surface area (Å²) in [5.74, 6) is -3.95. The number of halogens is 2. The van der Waals surface area contributed by atoms with Gasteiger partial charge in [-0.3, -0.25) is 14.6 Å². The van der Waals surface area contributed by atoms with Crippen molar-refractivity contribution >= 4 is 46.8 Å². The first-order valence-electron chi connectivity index (χ1n) is 9.51. The molecule has 31 heavy (non-hydrogen) atoms. The van der Waals surface area contributed by atoms with Gasteiger partial charge in [-0.15, -0.1) is 0 Å². The van der Waals surface area contributed by atoms with Gasteiger partial charge in [-0.1, -0.05) is 29.3 Å². The molecular weight excluding hydrogens is 445 g/mol. The number of aliphatic imine (C=N–C) groups is 1. The van der Waals surface area contributed by atoms with Crippen molar-refractivity contribution in [2.24, 2.45) is 10.9 Å². The molecule has 0 amide bonds. The molecule has 0 saturated carbocycles. The number of carbonyl (C=O) groups excluding carboxylic acids is 3. The fourth-order valence-electron chi connectivity index (χ4n) is 3.42. The lowest BCUT2D eigenvalue weighted by Crippen LogP contribution is -2.40. The average Bonchev–Trinajstić information content (AvgIpc) is 2.65. The Labute approximate surface area is 191 Å². The molecule has 2 atom stereocenters. The lowest BCUT2D eigenvalue weighted by Gasteiger charge is -2.34. The summed E-state index contributed by atoms with van der Waals surface area (Å²) in [7, 11) is 2.43. The fourth-order valence-corrected chi connectivity index (χ4v) is 4.05. The van der Waals surface area contributed by atoms with Crippen LogP contribution in [-0.4, -0.2) is 43.4 Å². The monoisotopic (exact) mass is 469 g/mol. The molecule has 1 aromatic rings. The number of ether oxygens (including phenoxy) is 3. The number of benzene rings is 1. The molecule has 2 unspecified atom stereocenters. The molecule has 0 aliphatic carbocycles. The fraction of sp³-hybridized carbons (Fsp3) is 0.455. The van der Waals surface area contributed by atoms with Gasteiger partial charge in [-0.05, 0) is 45.4 Å². The highest BCUT2D eigenvalue weighted by Gasteiger charge is 2.45. The maximum Gasteiger partial charge on any atom is 0.336 e. The molecule has 9 heteroatoms. The van der Waals surface area contributed by atoms with Gasteiger partial charge in [0, 0.05) is 21.7 Å². The van der Waals surface area contributed by atoms with Gasteiger partial charge >= 0.3 is 17.9 Å². The van der Waals surface area contributed by atoms with Crippen LogP contribution in [0.5, 0.6) is 0 Å². The Hall–Kier alpha value is -2.38. The first-order chi connectivity index (χ1) is 14.4. The molecule has 0 radical (unpaired) electrons. The van der Waals surface area contributed by atoms with Crippen molar-refractivity contribution < 1.29 is 28.6 Å². The Morgan fingerprint density at radius 1 is 1.06 bits per heavy atom. The molecular formula is C22H25Cl2NO6. The number of methoxy groups -OCH3 is 2. The van der Waals surface area contributed by atoms with Crippen LogP contribution >= 0.6 is 23.2 Å². The van der Waals surface area contributed by atoms with E-state index in [0.717, 1.165) is 0 Å². The molecule has 0 saturated heterocycles. The summed E-state index contributed by atoms with van der Waals surface area (Å²) in [5.41, 5.74) is 0.0371. The summed E-state index contributed by atoms with van der Waals surface area (Å²) < 4.78 is 15.3. The van der Waals surface area contributed by atoms with Crippen LogP contribution in [0.4, 0.5) is 0 Å². The van der Waals surface area contributed by atoms with E-state index < -0.39 is 35.3 Å². The highest BCUT2D eigenvalue weighted by atomic mass is 35.5. The highest BCUT2D eigenvalue weighted by Crippen LogP contribution is 2.46. The van der Waals surface area contributed by atoms with E-state index in [1.807, 2.05) is 0 Å². The van der Waals surface area contributed by atoms with Crippen molar-refractivity contribution in [3.8, 4) is 0 Å². The van der Waals surface area contributed by atoms with Crippen LogP contribution in [-0.2, 0) is 28.6 Å². The van der Waals surface area contributed by atoms with Gasteiger partial charge in [0.2, 0.25) is 0 Å². The summed E-state index contributed by atoms with van der Waals surface area (Å²) in [5, 5.41) is 0.499. The second-order valence-electron chi connectivity index (χ2n) is 7.98. The summed E-state index contributed by atoms with van der Waals surface area (Å²) >= 11 is 12.9. The molecule has 0 spiro atoms. The third kappa shape index (κ3) is 5.66. The van der Waals surface area contributed by atoms with Gasteiger partial charge in [0.15, 0.2) is 0 Å². The molecule has 7 nitrogen and oxygen atoms in total. The molecule has 0 bridgehead atoms. The lowest BCUT2D eigenvalue weighted by molar-refractivity contribution is -0.158. The number of rotatable bonds is 5. The summed E-state index contributed by atoms with van der Waals surface area (Å²) in [6.45, 7) is 6.82. The van der Waals surface area contributed by atoms with Gasteiger partial charge in [0.1, 0.15) is 11.5 Å². The number of nitrogens with zero attached hydrogens (tertiary/aromatic N) is 1. The van der Waals surface area contributed by atoms with Crippen LogP contribution in [0.25, 0.3) is 0 Å². The predicted octanol–water partition coefficient (Wildman–Crippen LogP) is 4.50. The number of carbonyl (C=O) groups is 3. The topological polar surface area (TPSA) is 91.3 Å². The maximum absolute atomic E-state index is 13.2. The molecule has 1 aromatic carbocycles. The normalized spacial score (nSPS) is 18.9. The van der Waals surface area contributed by atoms with E-state index in [2.05, 4.69) is 4.99 Å². The van der Waals surface area contributed by atoms with Crippen LogP contribution in [0.3, 0.4) is 0 Å². The minimum Gasteiger partial charge on any atom is -0.469 e. The standard InChI is InChI=1S/C22H25Cl2NO6/c1-11-16(21(28)31-22(2,3)4)19(17-12(23)8-7-9-13(17)24)18(20(27)30-6)14(25-11)10-15(26)29-5/h7-9,16,19H,10H2,1-6H3. The van der Waals surface area contributed by atoms with Crippen molar-refractivity contribution in [1.29, 1.82) is 0 Å². The Morgan fingerprint density at radius 2 is 1.65 bits per heavy atom. The molecule has 168 valence electrons. The van der Waals surface area contributed by atoms with Crippen LogP contribution in [0.2, 0.25) is 10.0 Å². The van der Waals surface area contributed by atoms with Crippen molar-refractivity contribution in [2.75, 3.05) is 14.2 Å². The van der Waals surface area contributed by atoms with Crippen LogP contribution in [0, 0.1) is 5.92 Å². The first kappa shape index (κ1) is 24.9. The van der Waals surface area contributed by atoms with E-state index in [0.29, 0.717) is 11.3 Å². The molecule has 1 aliphatic rings. The number of hydrogen-bond acceptors (Lipinski definition) is 7. The summed E-state index contributed by atoms with van der Waals surface area (Å²) in [6, 6.07) is 4.85. The molecule has 0 aromatic heterocycles. The van der Waals surface area contributed by atoms with Gasteiger partial charge < -0.3 is 14.2 Å². The molecule has 1 heterocycles. The van der Waals surface area contributed by atoms with Gasteiger partial charge in [-0.25, -0.2) is 4.79 Å². The summed E-state index contributed by atoms with van der Waals surface area (Å²) in [6.07, 6.45) is -0.294. The minimum absolute atomic E-state index is 0.00404. The minimum atomic E-state index is -1.01. The molecule has 0 fully saturated rings. The lowest BCUT2D eigenvalue weighted by atomic mass is 9.75. The van der Waals surface area contributed by atoms with Gasteiger partial charge in [-0.2, -0.15) is 0 Å². The van der Waals surface area contributed by atoms with Crippen molar-refractivity contribution in [3.63, 3.8) is 0 Å². The Balaban J connectivity index is 2.82. The predicted molar refractivity (Wildman–Crippen MR) is 117 cm³/mol. The van der Waals surface area contributed by atoms with E-state index in [-0.39, 0.29) is 27.7 Å².